The predicted molar refractivity (Wildman–Crippen MR) is 72.8 cm³/mol. The Hall–Kier alpha value is -1.59. The molecular weight excluding hydrogens is 286 g/mol. The molecule has 0 fully saturated rings. The molecule has 0 spiro atoms. The molecule has 1 aromatic heterocycles. The predicted octanol–water partition coefficient (Wildman–Crippen LogP) is 2.90. The van der Waals surface area contributed by atoms with Gasteiger partial charge in [0, 0.05) is 28.5 Å². The van der Waals surface area contributed by atoms with Gasteiger partial charge in [0.25, 0.3) is 9.05 Å². The first-order chi connectivity index (χ1) is 8.95. The van der Waals surface area contributed by atoms with Gasteiger partial charge in [0.05, 0.1) is 0 Å². The Morgan fingerprint density at radius 3 is 2.53 bits per heavy atom. The fourth-order valence-electron chi connectivity index (χ4n) is 1.56. The minimum absolute atomic E-state index is 0.197. The number of ether oxygens (including phenoxy) is 1. The molecule has 0 unspecified atom stereocenters. The number of pyridine rings is 1. The fraction of sp³-hybridized carbons (Fsp3) is 0.154. The molecule has 6 heteroatoms. The molecule has 0 aliphatic carbocycles. The van der Waals surface area contributed by atoms with Gasteiger partial charge in [0.2, 0.25) is 0 Å². The summed E-state index contributed by atoms with van der Waals surface area (Å²) in [5, 5.41) is -0.197. The van der Waals surface area contributed by atoms with Gasteiger partial charge in [0.1, 0.15) is 12.4 Å². The molecule has 1 aromatic carbocycles. The van der Waals surface area contributed by atoms with Crippen molar-refractivity contribution in [2.24, 2.45) is 0 Å². The van der Waals surface area contributed by atoms with Gasteiger partial charge in [-0.05, 0) is 12.5 Å². The Morgan fingerprint density at radius 1 is 1.21 bits per heavy atom. The summed E-state index contributed by atoms with van der Waals surface area (Å²) in [4.78, 5) is 3.86. The molecule has 0 aliphatic heterocycles. The third-order valence-electron chi connectivity index (χ3n) is 2.40. The molecular formula is C13H12ClNO3S. The standard InChI is InChI=1S/C13H12ClNO3S/c1-10-7-12(8-13(15-10)19(14,16)17)18-9-11-5-3-2-4-6-11/h2-8H,9H2,1H3. The SMILES string of the molecule is Cc1cc(OCc2ccccc2)cc(S(=O)(=O)Cl)n1. The Kier molecular flexibility index (Phi) is 4.07. The van der Waals surface area contributed by atoms with E-state index in [2.05, 4.69) is 4.98 Å². The second kappa shape index (κ2) is 5.59. The van der Waals surface area contributed by atoms with E-state index in [-0.39, 0.29) is 5.03 Å². The topological polar surface area (TPSA) is 56.3 Å². The fourth-order valence-corrected chi connectivity index (χ4v) is 2.30. The summed E-state index contributed by atoms with van der Waals surface area (Å²) < 4.78 is 28.1. The smallest absolute Gasteiger partial charge is 0.278 e. The maximum absolute atomic E-state index is 11.3. The van der Waals surface area contributed by atoms with Crippen LogP contribution in [0.2, 0.25) is 0 Å². The van der Waals surface area contributed by atoms with Crippen molar-refractivity contribution in [2.75, 3.05) is 0 Å². The number of hydrogen-bond donors (Lipinski definition) is 0. The van der Waals surface area contributed by atoms with E-state index in [0.29, 0.717) is 18.1 Å². The molecule has 2 aromatic rings. The molecule has 0 saturated heterocycles. The summed E-state index contributed by atoms with van der Waals surface area (Å²) in [7, 11) is 1.42. The molecule has 4 nitrogen and oxygen atoms in total. The minimum atomic E-state index is -3.85. The van der Waals surface area contributed by atoms with E-state index in [1.165, 1.54) is 6.07 Å². The molecule has 0 N–H and O–H groups in total. The molecule has 100 valence electrons. The number of aromatic nitrogens is 1. The van der Waals surface area contributed by atoms with Crippen molar-refractivity contribution in [3.63, 3.8) is 0 Å². The third-order valence-corrected chi connectivity index (χ3v) is 3.58. The van der Waals surface area contributed by atoms with Crippen molar-refractivity contribution in [3.05, 3.63) is 53.7 Å². The average molecular weight is 298 g/mol. The van der Waals surface area contributed by atoms with Crippen LogP contribution in [0.4, 0.5) is 0 Å². The summed E-state index contributed by atoms with van der Waals surface area (Å²) in [6, 6.07) is 12.6. The highest BCUT2D eigenvalue weighted by atomic mass is 35.7. The Bertz CT molecular complexity index is 672. The summed E-state index contributed by atoms with van der Waals surface area (Å²) >= 11 is 0. The molecule has 1 heterocycles. The molecule has 2 rings (SSSR count). The lowest BCUT2D eigenvalue weighted by Crippen LogP contribution is -2.00. The van der Waals surface area contributed by atoms with Gasteiger partial charge in [-0.25, -0.2) is 13.4 Å². The van der Waals surface area contributed by atoms with Gasteiger partial charge in [-0.1, -0.05) is 30.3 Å². The van der Waals surface area contributed by atoms with Crippen LogP contribution in [-0.2, 0) is 15.7 Å². The van der Waals surface area contributed by atoms with Gasteiger partial charge < -0.3 is 4.74 Å². The Labute approximate surface area is 116 Å². The van der Waals surface area contributed by atoms with Crippen LogP contribution >= 0.6 is 10.7 Å². The summed E-state index contributed by atoms with van der Waals surface area (Å²) in [5.74, 6) is 0.426. The van der Waals surface area contributed by atoms with Crippen LogP contribution in [0.3, 0.4) is 0 Å². The van der Waals surface area contributed by atoms with Gasteiger partial charge in [-0.2, -0.15) is 0 Å². The van der Waals surface area contributed by atoms with Crippen molar-refractivity contribution in [3.8, 4) is 5.75 Å². The van der Waals surface area contributed by atoms with Crippen molar-refractivity contribution in [1.82, 2.24) is 4.98 Å². The lowest BCUT2D eigenvalue weighted by atomic mass is 10.2. The zero-order valence-corrected chi connectivity index (χ0v) is 11.8. The number of halogens is 1. The normalized spacial score (nSPS) is 11.3. The Morgan fingerprint density at radius 2 is 1.89 bits per heavy atom. The van der Waals surface area contributed by atoms with Crippen molar-refractivity contribution < 1.29 is 13.2 Å². The van der Waals surface area contributed by atoms with Gasteiger partial charge in [-0.15, -0.1) is 0 Å². The molecule has 19 heavy (non-hydrogen) atoms. The van der Waals surface area contributed by atoms with Crippen LogP contribution in [0.15, 0.2) is 47.5 Å². The van der Waals surface area contributed by atoms with Crippen LogP contribution in [0.25, 0.3) is 0 Å². The van der Waals surface area contributed by atoms with E-state index in [9.17, 15) is 8.42 Å². The lowest BCUT2D eigenvalue weighted by Gasteiger charge is -2.08. The van der Waals surface area contributed by atoms with Crippen molar-refractivity contribution in [2.45, 2.75) is 18.6 Å². The number of nitrogens with zero attached hydrogens (tertiary/aromatic N) is 1. The van der Waals surface area contributed by atoms with Crippen LogP contribution < -0.4 is 4.74 Å². The number of aryl methyl sites for hydroxylation is 1. The molecule has 0 radical (unpaired) electrons. The summed E-state index contributed by atoms with van der Waals surface area (Å²) in [6.45, 7) is 2.03. The minimum Gasteiger partial charge on any atom is -0.489 e. The van der Waals surface area contributed by atoms with E-state index in [0.717, 1.165) is 5.56 Å². The van der Waals surface area contributed by atoms with Crippen LogP contribution in [0.1, 0.15) is 11.3 Å². The molecule has 0 saturated carbocycles. The summed E-state index contributed by atoms with van der Waals surface area (Å²) in [6.07, 6.45) is 0. The van der Waals surface area contributed by atoms with E-state index in [1.54, 1.807) is 13.0 Å². The first-order valence-electron chi connectivity index (χ1n) is 5.55. The molecule has 0 bridgehead atoms. The first-order valence-corrected chi connectivity index (χ1v) is 7.86. The van der Waals surface area contributed by atoms with Gasteiger partial charge in [0.15, 0.2) is 5.03 Å². The first kappa shape index (κ1) is 13.8. The number of hydrogen-bond acceptors (Lipinski definition) is 4. The number of benzene rings is 1. The van der Waals surface area contributed by atoms with E-state index >= 15 is 0 Å². The second-order valence-corrected chi connectivity index (χ2v) is 6.51. The van der Waals surface area contributed by atoms with Gasteiger partial charge >= 0.3 is 0 Å². The third kappa shape index (κ3) is 3.94. The molecule has 0 aliphatic rings. The maximum atomic E-state index is 11.3. The summed E-state index contributed by atoms with van der Waals surface area (Å²) in [5.41, 5.74) is 1.53. The van der Waals surface area contributed by atoms with E-state index in [4.69, 9.17) is 15.4 Å². The quantitative estimate of drug-likeness (QED) is 0.814. The average Bonchev–Trinajstić information content (AvgIpc) is 2.36. The van der Waals surface area contributed by atoms with Gasteiger partial charge in [-0.3, -0.25) is 0 Å². The van der Waals surface area contributed by atoms with Crippen LogP contribution in [0.5, 0.6) is 5.75 Å². The number of rotatable bonds is 4. The van der Waals surface area contributed by atoms with Crippen LogP contribution in [-0.4, -0.2) is 13.4 Å². The van der Waals surface area contributed by atoms with Crippen molar-refractivity contribution in [1.29, 1.82) is 0 Å². The lowest BCUT2D eigenvalue weighted by molar-refractivity contribution is 0.304. The Balaban J connectivity index is 2.19. The zero-order valence-electron chi connectivity index (χ0n) is 10.2. The van der Waals surface area contributed by atoms with Crippen LogP contribution in [0, 0.1) is 6.92 Å². The molecule has 0 amide bonds. The van der Waals surface area contributed by atoms with Crippen molar-refractivity contribution >= 4 is 19.7 Å². The highest BCUT2D eigenvalue weighted by molar-refractivity contribution is 8.13. The van der Waals surface area contributed by atoms with E-state index in [1.807, 2.05) is 30.3 Å². The molecule has 0 atom stereocenters. The maximum Gasteiger partial charge on any atom is 0.278 e. The largest absolute Gasteiger partial charge is 0.489 e. The second-order valence-electron chi connectivity index (χ2n) is 3.99. The monoisotopic (exact) mass is 297 g/mol. The zero-order chi connectivity index (χ0) is 13.9. The highest BCUT2D eigenvalue weighted by Crippen LogP contribution is 2.21. The highest BCUT2D eigenvalue weighted by Gasteiger charge is 2.14. The van der Waals surface area contributed by atoms with E-state index < -0.39 is 9.05 Å².